The van der Waals surface area contributed by atoms with Gasteiger partial charge in [-0.3, -0.25) is 9.78 Å². The smallest absolute Gasteiger partial charge is 0.248 e. The second-order valence-electron chi connectivity index (χ2n) is 9.56. The summed E-state index contributed by atoms with van der Waals surface area (Å²) in [6.07, 6.45) is 3.64. The number of para-hydroxylation sites is 1. The highest BCUT2D eigenvalue weighted by molar-refractivity contribution is 6.00. The molecule has 4 aromatic rings. The lowest BCUT2D eigenvalue weighted by Gasteiger charge is -2.44. The summed E-state index contributed by atoms with van der Waals surface area (Å²) >= 11 is 0. The molecule has 1 unspecified atom stereocenters. The van der Waals surface area contributed by atoms with Gasteiger partial charge in [0.1, 0.15) is 18.2 Å². The van der Waals surface area contributed by atoms with Crippen LogP contribution in [0.4, 0.5) is 5.82 Å². The fourth-order valence-corrected chi connectivity index (χ4v) is 5.40. The monoisotopic (exact) mass is 507 g/mol. The van der Waals surface area contributed by atoms with E-state index in [9.17, 15) is 9.90 Å². The number of aromatic nitrogens is 2. The van der Waals surface area contributed by atoms with Gasteiger partial charge >= 0.3 is 0 Å². The van der Waals surface area contributed by atoms with E-state index < -0.39 is 6.61 Å². The number of hydrogen-bond acceptors (Lipinski definition) is 7. The first-order valence-electron chi connectivity index (χ1n) is 12.5. The maximum Gasteiger partial charge on any atom is 0.248 e. The SMILES string of the molecule is COc1c(-c2ccc(N3CC(C)N(C(=O)CO)[C@H](C)C3)nc2)cnc2c(-c3ccc(C#N)cc3)cccc12. The Morgan fingerprint density at radius 3 is 2.32 bits per heavy atom. The molecule has 1 saturated heterocycles. The minimum absolute atomic E-state index is 0.0324. The van der Waals surface area contributed by atoms with Gasteiger partial charge in [0.05, 0.1) is 24.3 Å². The Labute approximate surface area is 221 Å². The van der Waals surface area contributed by atoms with Gasteiger partial charge in [-0.05, 0) is 49.7 Å². The summed E-state index contributed by atoms with van der Waals surface area (Å²) in [6.45, 7) is 4.78. The third kappa shape index (κ3) is 4.53. The topological polar surface area (TPSA) is 103 Å². The fourth-order valence-electron chi connectivity index (χ4n) is 5.40. The lowest BCUT2D eigenvalue weighted by molar-refractivity contribution is -0.139. The number of carbonyl (C=O) groups excluding carboxylic acids is 1. The number of piperazine rings is 1. The van der Waals surface area contributed by atoms with Crippen molar-refractivity contribution >= 4 is 22.6 Å². The molecule has 5 rings (SSSR count). The molecule has 0 saturated carbocycles. The molecule has 1 aliphatic heterocycles. The number of hydrogen-bond donors (Lipinski definition) is 1. The molecule has 2 aromatic carbocycles. The number of aliphatic hydroxyl groups excluding tert-OH is 1. The normalized spacial score (nSPS) is 17.3. The summed E-state index contributed by atoms with van der Waals surface area (Å²) in [5.74, 6) is 1.31. The number of pyridine rings is 2. The highest BCUT2D eigenvalue weighted by Crippen LogP contribution is 2.39. The van der Waals surface area contributed by atoms with Gasteiger partial charge in [-0.15, -0.1) is 0 Å². The number of fused-ring (bicyclic) bond motifs is 1. The Bertz CT molecular complexity index is 1500. The summed E-state index contributed by atoms with van der Waals surface area (Å²) < 4.78 is 5.88. The van der Waals surface area contributed by atoms with Gasteiger partial charge in [0.2, 0.25) is 5.91 Å². The fraction of sp³-hybridized carbons (Fsp3) is 0.267. The van der Waals surface area contributed by atoms with Crippen LogP contribution in [0.25, 0.3) is 33.2 Å². The Balaban J connectivity index is 1.45. The van der Waals surface area contributed by atoms with E-state index in [1.165, 1.54) is 0 Å². The molecule has 2 aromatic heterocycles. The standard InChI is InChI=1S/C30H29N5O3/c1-19-16-34(17-20(2)35(19)28(37)18-36)27-12-11-23(14-32-27)26-15-33-29-24(5-4-6-25(29)30(26)38-3)22-9-7-21(13-31)8-10-22/h4-12,14-15,19-20,36H,16-18H2,1-3H3/t19-,20?/m1/s1. The minimum Gasteiger partial charge on any atom is -0.495 e. The molecule has 1 fully saturated rings. The summed E-state index contributed by atoms with van der Waals surface area (Å²) in [4.78, 5) is 25.6. The maximum absolute atomic E-state index is 12.1. The van der Waals surface area contributed by atoms with Crippen LogP contribution >= 0.6 is 0 Å². The van der Waals surface area contributed by atoms with E-state index in [4.69, 9.17) is 20.0 Å². The van der Waals surface area contributed by atoms with E-state index in [1.807, 2.05) is 68.7 Å². The molecule has 1 amide bonds. The number of nitrogens with zero attached hydrogens (tertiary/aromatic N) is 5. The summed E-state index contributed by atoms with van der Waals surface area (Å²) in [7, 11) is 1.66. The van der Waals surface area contributed by atoms with Gasteiger partial charge < -0.3 is 19.6 Å². The maximum atomic E-state index is 12.1. The lowest BCUT2D eigenvalue weighted by atomic mass is 9.98. The zero-order chi connectivity index (χ0) is 26.8. The number of nitriles is 1. The molecular weight excluding hydrogens is 478 g/mol. The van der Waals surface area contributed by atoms with Crippen molar-refractivity contribution < 1.29 is 14.6 Å². The predicted molar refractivity (Wildman–Crippen MR) is 147 cm³/mol. The third-order valence-electron chi connectivity index (χ3n) is 7.10. The zero-order valence-corrected chi connectivity index (χ0v) is 21.6. The van der Waals surface area contributed by atoms with Crippen LogP contribution in [0.1, 0.15) is 19.4 Å². The molecule has 8 nitrogen and oxygen atoms in total. The Kier molecular flexibility index (Phi) is 6.95. The summed E-state index contributed by atoms with van der Waals surface area (Å²) in [6, 6.07) is 19.5. The molecule has 2 atom stereocenters. The first kappa shape index (κ1) is 25.2. The number of ether oxygens (including phenoxy) is 1. The van der Waals surface area contributed by atoms with Gasteiger partial charge in [0, 0.05) is 59.6 Å². The molecular formula is C30H29N5O3. The van der Waals surface area contributed by atoms with Gasteiger partial charge in [-0.1, -0.05) is 24.3 Å². The van der Waals surface area contributed by atoms with Crippen molar-refractivity contribution in [2.75, 3.05) is 31.7 Å². The van der Waals surface area contributed by atoms with Crippen molar-refractivity contribution in [2.24, 2.45) is 0 Å². The van der Waals surface area contributed by atoms with E-state index in [-0.39, 0.29) is 18.0 Å². The van der Waals surface area contributed by atoms with Gasteiger partial charge in [-0.25, -0.2) is 4.98 Å². The van der Waals surface area contributed by atoms with Crippen molar-refractivity contribution in [1.29, 1.82) is 5.26 Å². The lowest BCUT2D eigenvalue weighted by Crippen LogP contribution is -2.59. The molecule has 8 heteroatoms. The number of anilines is 1. The Morgan fingerprint density at radius 1 is 1.00 bits per heavy atom. The number of rotatable bonds is 5. The average molecular weight is 508 g/mol. The van der Waals surface area contributed by atoms with E-state index in [1.54, 1.807) is 24.1 Å². The van der Waals surface area contributed by atoms with Crippen LogP contribution in [0.15, 0.2) is 67.0 Å². The molecule has 38 heavy (non-hydrogen) atoms. The largest absolute Gasteiger partial charge is 0.495 e. The van der Waals surface area contributed by atoms with E-state index >= 15 is 0 Å². The Morgan fingerprint density at radius 2 is 1.71 bits per heavy atom. The average Bonchev–Trinajstić information content (AvgIpc) is 2.95. The predicted octanol–water partition coefficient (Wildman–Crippen LogP) is 4.26. The van der Waals surface area contributed by atoms with Crippen LogP contribution in [0.3, 0.4) is 0 Å². The van der Waals surface area contributed by atoms with E-state index in [0.717, 1.165) is 44.7 Å². The second kappa shape index (κ2) is 10.5. The highest BCUT2D eigenvalue weighted by Gasteiger charge is 2.33. The third-order valence-corrected chi connectivity index (χ3v) is 7.10. The first-order chi connectivity index (χ1) is 18.4. The summed E-state index contributed by atoms with van der Waals surface area (Å²) in [5.41, 5.74) is 5.11. The van der Waals surface area contributed by atoms with Crippen molar-refractivity contribution in [3.63, 3.8) is 0 Å². The molecule has 0 spiro atoms. The van der Waals surface area contributed by atoms with Gasteiger partial charge in [-0.2, -0.15) is 5.26 Å². The molecule has 0 radical (unpaired) electrons. The van der Waals surface area contributed by atoms with Crippen molar-refractivity contribution in [3.8, 4) is 34.1 Å². The molecule has 0 bridgehead atoms. The molecule has 1 aliphatic rings. The van der Waals surface area contributed by atoms with Crippen LogP contribution < -0.4 is 9.64 Å². The Hall–Kier alpha value is -4.48. The highest BCUT2D eigenvalue weighted by atomic mass is 16.5. The number of methoxy groups -OCH3 is 1. The molecule has 3 heterocycles. The number of aliphatic hydroxyl groups is 1. The van der Waals surface area contributed by atoms with Crippen LogP contribution in [0.5, 0.6) is 5.75 Å². The zero-order valence-electron chi connectivity index (χ0n) is 21.6. The van der Waals surface area contributed by atoms with Crippen LogP contribution in [0, 0.1) is 11.3 Å². The van der Waals surface area contributed by atoms with Crippen LogP contribution in [-0.4, -0.2) is 64.8 Å². The van der Waals surface area contributed by atoms with E-state index in [2.05, 4.69) is 11.0 Å². The van der Waals surface area contributed by atoms with Crippen LogP contribution in [-0.2, 0) is 4.79 Å². The van der Waals surface area contributed by atoms with Crippen molar-refractivity contribution in [1.82, 2.24) is 14.9 Å². The second-order valence-corrected chi connectivity index (χ2v) is 9.56. The minimum atomic E-state index is -0.474. The quantitative estimate of drug-likeness (QED) is 0.431. The van der Waals surface area contributed by atoms with Crippen LogP contribution in [0.2, 0.25) is 0 Å². The van der Waals surface area contributed by atoms with Gasteiger partial charge in [0.25, 0.3) is 0 Å². The number of benzene rings is 2. The molecule has 192 valence electrons. The molecule has 0 aliphatic carbocycles. The summed E-state index contributed by atoms with van der Waals surface area (Å²) in [5, 5.41) is 19.3. The van der Waals surface area contributed by atoms with Crippen molar-refractivity contribution in [2.45, 2.75) is 25.9 Å². The first-order valence-corrected chi connectivity index (χ1v) is 12.5. The number of carbonyl (C=O) groups is 1. The van der Waals surface area contributed by atoms with E-state index in [0.29, 0.717) is 18.7 Å². The van der Waals surface area contributed by atoms with Gasteiger partial charge in [0.15, 0.2) is 0 Å². The van der Waals surface area contributed by atoms with Crippen molar-refractivity contribution in [3.05, 3.63) is 72.6 Å². The number of amides is 1. The molecule has 1 N–H and O–H groups in total.